The molecule has 0 radical (unpaired) electrons. The summed E-state index contributed by atoms with van der Waals surface area (Å²) in [5, 5.41) is 4.27. The van der Waals surface area contributed by atoms with Crippen LogP contribution in [-0.2, 0) is 6.54 Å². The van der Waals surface area contributed by atoms with Crippen LogP contribution in [0.2, 0.25) is 5.02 Å². The second kappa shape index (κ2) is 7.88. The molecule has 19 heavy (non-hydrogen) atoms. The summed E-state index contributed by atoms with van der Waals surface area (Å²) < 4.78 is 0. The molecule has 1 aliphatic rings. The summed E-state index contributed by atoms with van der Waals surface area (Å²) in [6.07, 6.45) is 4.01. The van der Waals surface area contributed by atoms with Crippen LogP contribution in [0.1, 0.15) is 31.7 Å². The van der Waals surface area contributed by atoms with Gasteiger partial charge in [-0.25, -0.2) is 0 Å². The monoisotopic (exact) mass is 280 g/mol. The highest BCUT2D eigenvalue weighted by molar-refractivity contribution is 6.30. The number of benzene rings is 1. The van der Waals surface area contributed by atoms with Gasteiger partial charge in [-0.3, -0.25) is 4.90 Å². The fourth-order valence-electron chi connectivity index (χ4n) is 2.81. The Hall–Kier alpha value is -0.570. The summed E-state index contributed by atoms with van der Waals surface area (Å²) in [5.74, 6) is 0.912. The lowest BCUT2D eigenvalue weighted by Gasteiger charge is -2.32. The molecule has 1 N–H and O–H groups in total. The zero-order valence-electron chi connectivity index (χ0n) is 11.9. The number of rotatable bonds is 6. The van der Waals surface area contributed by atoms with E-state index >= 15 is 0 Å². The predicted molar refractivity (Wildman–Crippen MR) is 82.6 cm³/mol. The van der Waals surface area contributed by atoms with Crippen LogP contribution >= 0.6 is 11.6 Å². The molecule has 0 atom stereocenters. The quantitative estimate of drug-likeness (QED) is 0.802. The number of halogens is 1. The highest BCUT2D eigenvalue weighted by atomic mass is 35.5. The summed E-state index contributed by atoms with van der Waals surface area (Å²) in [4.78, 5) is 2.55. The molecule has 0 spiro atoms. The molecule has 1 saturated heterocycles. The van der Waals surface area contributed by atoms with Gasteiger partial charge in [0.1, 0.15) is 0 Å². The highest BCUT2D eigenvalue weighted by Crippen LogP contribution is 2.22. The largest absolute Gasteiger partial charge is 0.317 e. The average Bonchev–Trinajstić information content (AvgIpc) is 2.41. The Kier molecular flexibility index (Phi) is 6.15. The van der Waals surface area contributed by atoms with E-state index in [2.05, 4.69) is 29.3 Å². The maximum atomic E-state index is 6.03. The van der Waals surface area contributed by atoms with Crippen LogP contribution in [0.25, 0.3) is 0 Å². The van der Waals surface area contributed by atoms with Crippen LogP contribution in [0.3, 0.4) is 0 Å². The van der Waals surface area contributed by atoms with Crippen molar-refractivity contribution in [3.05, 3.63) is 34.9 Å². The fraction of sp³-hybridized carbons (Fsp3) is 0.625. The standard InChI is InChI=1S/C16H25ClN2/c1-2-18-9-6-14-7-10-19(11-8-14)13-15-4-3-5-16(17)12-15/h3-5,12,14,18H,2,6-11,13H2,1H3. The second-order valence-corrected chi connectivity index (χ2v) is 5.93. The first-order valence-corrected chi connectivity index (χ1v) is 7.83. The molecule has 0 amide bonds. The molecule has 0 aromatic heterocycles. The number of piperidine rings is 1. The van der Waals surface area contributed by atoms with Crippen molar-refractivity contribution in [2.45, 2.75) is 32.7 Å². The lowest BCUT2D eigenvalue weighted by Crippen LogP contribution is -2.34. The van der Waals surface area contributed by atoms with Crippen molar-refractivity contribution < 1.29 is 0 Å². The topological polar surface area (TPSA) is 15.3 Å². The van der Waals surface area contributed by atoms with E-state index in [1.807, 2.05) is 12.1 Å². The van der Waals surface area contributed by atoms with Gasteiger partial charge >= 0.3 is 0 Å². The number of nitrogens with one attached hydrogen (secondary N) is 1. The summed E-state index contributed by atoms with van der Waals surface area (Å²) in [5.41, 5.74) is 1.33. The van der Waals surface area contributed by atoms with Crippen LogP contribution in [0.4, 0.5) is 0 Å². The first kappa shape index (κ1) is 14.8. The van der Waals surface area contributed by atoms with Crippen LogP contribution in [0.15, 0.2) is 24.3 Å². The summed E-state index contributed by atoms with van der Waals surface area (Å²) >= 11 is 6.03. The van der Waals surface area contributed by atoms with Gasteiger partial charge in [0.15, 0.2) is 0 Å². The van der Waals surface area contributed by atoms with Crippen LogP contribution in [0.5, 0.6) is 0 Å². The minimum Gasteiger partial charge on any atom is -0.317 e. The van der Waals surface area contributed by atoms with Gasteiger partial charge in [-0.1, -0.05) is 30.7 Å². The molecule has 1 aromatic carbocycles. The van der Waals surface area contributed by atoms with Crippen molar-refractivity contribution in [3.8, 4) is 0 Å². The fourth-order valence-corrected chi connectivity index (χ4v) is 3.02. The molecule has 3 heteroatoms. The molecule has 0 aliphatic carbocycles. The Morgan fingerprint density at radius 1 is 1.32 bits per heavy atom. The smallest absolute Gasteiger partial charge is 0.0409 e. The predicted octanol–water partition coefficient (Wildman–Crippen LogP) is 3.55. The van der Waals surface area contributed by atoms with Crippen molar-refractivity contribution in [1.29, 1.82) is 0 Å². The van der Waals surface area contributed by atoms with Crippen LogP contribution in [0, 0.1) is 5.92 Å². The zero-order chi connectivity index (χ0) is 13.5. The first-order valence-electron chi connectivity index (χ1n) is 7.45. The van der Waals surface area contributed by atoms with E-state index in [9.17, 15) is 0 Å². The third-order valence-corrected chi connectivity index (χ3v) is 4.22. The summed E-state index contributed by atoms with van der Waals surface area (Å²) in [6.45, 7) is 7.93. The minimum absolute atomic E-state index is 0.845. The van der Waals surface area contributed by atoms with Gasteiger partial charge in [-0.05, 0) is 69.1 Å². The molecule has 1 aliphatic heterocycles. The highest BCUT2D eigenvalue weighted by Gasteiger charge is 2.18. The number of hydrogen-bond donors (Lipinski definition) is 1. The third-order valence-electron chi connectivity index (χ3n) is 3.98. The van der Waals surface area contributed by atoms with Crippen LogP contribution < -0.4 is 5.32 Å². The molecule has 0 unspecified atom stereocenters. The van der Waals surface area contributed by atoms with Crippen molar-refractivity contribution >= 4 is 11.6 Å². The van der Waals surface area contributed by atoms with Gasteiger partial charge < -0.3 is 5.32 Å². The molecule has 106 valence electrons. The lowest BCUT2D eigenvalue weighted by molar-refractivity contribution is 0.172. The van der Waals surface area contributed by atoms with Crippen molar-refractivity contribution in [2.75, 3.05) is 26.2 Å². The summed E-state index contributed by atoms with van der Waals surface area (Å²) in [6, 6.07) is 8.24. The maximum Gasteiger partial charge on any atom is 0.0409 e. The van der Waals surface area contributed by atoms with Crippen molar-refractivity contribution in [3.63, 3.8) is 0 Å². The van der Waals surface area contributed by atoms with Crippen molar-refractivity contribution in [2.24, 2.45) is 5.92 Å². The SMILES string of the molecule is CCNCCC1CCN(Cc2cccc(Cl)c2)CC1. The normalized spacial score (nSPS) is 17.8. The van der Waals surface area contributed by atoms with E-state index in [1.54, 1.807) is 0 Å². The van der Waals surface area contributed by atoms with Crippen LogP contribution in [-0.4, -0.2) is 31.1 Å². The van der Waals surface area contributed by atoms with E-state index in [4.69, 9.17) is 11.6 Å². The molecule has 0 saturated carbocycles. The van der Waals surface area contributed by atoms with Gasteiger partial charge in [0.25, 0.3) is 0 Å². The molecular formula is C16H25ClN2. The Bertz CT molecular complexity index is 373. The van der Waals surface area contributed by atoms with Gasteiger partial charge in [-0.2, -0.15) is 0 Å². The van der Waals surface area contributed by atoms with E-state index in [-0.39, 0.29) is 0 Å². The van der Waals surface area contributed by atoms with E-state index in [0.717, 1.165) is 24.0 Å². The molecule has 2 nitrogen and oxygen atoms in total. The molecule has 1 aromatic rings. The Morgan fingerprint density at radius 3 is 2.79 bits per heavy atom. The zero-order valence-corrected chi connectivity index (χ0v) is 12.6. The Morgan fingerprint density at radius 2 is 2.11 bits per heavy atom. The Labute approximate surface area is 122 Å². The molecule has 2 rings (SSSR count). The van der Waals surface area contributed by atoms with Gasteiger partial charge in [0.2, 0.25) is 0 Å². The first-order chi connectivity index (χ1) is 9.28. The third kappa shape index (κ3) is 5.13. The average molecular weight is 281 g/mol. The number of hydrogen-bond acceptors (Lipinski definition) is 2. The maximum absolute atomic E-state index is 6.03. The lowest BCUT2D eigenvalue weighted by atomic mass is 9.93. The minimum atomic E-state index is 0.845. The summed E-state index contributed by atoms with van der Waals surface area (Å²) in [7, 11) is 0. The van der Waals surface area contributed by atoms with E-state index in [0.29, 0.717) is 0 Å². The molecular weight excluding hydrogens is 256 g/mol. The number of likely N-dealkylation sites (tertiary alicyclic amines) is 1. The van der Waals surface area contributed by atoms with Gasteiger partial charge in [0.05, 0.1) is 0 Å². The molecule has 1 fully saturated rings. The second-order valence-electron chi connectivity index (χ2n) is 5.49. The number of nitrogens with zero attached hydrogens (tertiary/aromatic N) is 1. The molecule has 1 heterocycles. The Balaban J connectivity index is 1.71. The van der Waals surface area contributed by atoms with E-state index in [1.165, 1.54) is 44.5 Å². The van der Waals surface area contributed by atoms with E-state index < -0.39 is 0 Å². The van der Waals surface area contributed by atoms with Gasteiger partial charge in [0, 0.05) is 11.6 Å². The van der Waals surface area contributed by atoms with Crippen molar-refractivity contribution in [1.82, 2.24) is 10.2 Å². The van der Waals surface area contributed by atoms with Gasteiger partial charge in [-0.15, -0.1) is 0 Å². The molecule has 0 bridgehead atoms.